The number of hydrogen-bond acceptors (Lipinski definition) is 3. The zero-order valence-electron chi connectivity index (χ0n) is 38.2. The van der Waals surface area contributed by atoms with Crippen LogP contribution < -0.4 is 9.80 Å². The van der Waals surface area contributed by atoms with Crippen LogP contribution >= 0.6 is 11.3 Å². The van der Waals surface area contributed by atoms with Crippen molar-refractivity contribution in [3.63, 3.8) is 0 Å². The Balaban J connectivity index is 0.986. The van der Waals surface area contributed by atoms with Gasteiger partial charge in [0.15, 0.2) is 0 Å². The number of benzene rings is 11. The molecule has 3 heteroatoms. The van der Waals surface area contributed by atoms with Crippen LogP contribution in [0.25, 0.3) is 64.7 Å². The number of nitrogens with zero attached hydrogens (tertiary/aromatic N) is 2. The van der Waals surface area contributed by atoms with E-state index < -0.39 is 5.41 Å². The topological polar surface area (TPSA) is 6.48 Å². The van der Waals surface area contributed by atoms with Gasteiger partial charge in [0.2, 0.25) is 0 Å². The molecule has 2 nitrogen and oxygen atoms in total. The quantitative estimate of drug-likeness (QED) is 0.157. The van der Waals surface area contributed by atoms with Gasteiger partial charge < -0.3 is 9.80 Å². The van der Waals surface area contributed by atoms with Gasteiger partial charge in [0.05, 0.1) is 22.5 Å². The molecule has 70 heavy (non-hydrogen) atoms. The van der Waals surface area contributed by atoms with Crippen molar-refractivity contribution in [1.29, 1.82) is 0 Å². The van der Waals surface area contributed by atoms with Gasteiger partial charge in [-0.3, -0.25) is 0 Å². The first kappa shape index (κ1) is 40.3. The lowest BCUT2D eigenvalue weighted by atomic mass is 9.64. The fraction of sp³-hybridized carbons (Fsp3) is 0.0149. The lowest BCUT2D eigenvalue weighted by Gasteiger charge is -2.45. The Morgan fingerprint density at radius 3 is 1.60 bits per heavy atom. The first-order chi connectivity index (χ1) is 34.7. The molecule has 0 saturated carbocycles. The molecule has 0 radical (unpaired) electrons. The molecule has 1 aromatic heterocycles. The fourth-order valence-electron chi connectivity index (χ4n) is 11.7. The maximum atomic E-state index is 2.50. The smallest absolute Gasteiger partial charge is 0.0755 e. The first-order valence-corrected chi connectivity index (χ1v) is 24.9. The molecule has 2 heterocycles. The van der Waals surface area contributed by atoms with Gasteiger partial charge in [-0.2, -0.15) is 0 Å². The van der Waals surface area contributed by atoms with Gasteiger partial charge in [0.25, 0.3) is 0 Å². The van der Waals surface area contributed by atoms with E-state index in [0.29, 0.717) is 0 Å². The summed E-state index contributed by atoms with van der Waals surface area (Å²) in [6.07, 6.45) is 0. The predicted octanol–water partition coefficient (Wildman–Crippen LogP) is 18.7. The van der Waals surface area contributed by atoms with Crippen LogP contribution in [0.1, 0.15) is 22.3 Å². The highest BCUT2D eigenvalue weighted by Crippen LogP contribution is 2.64. The van der Waals surface area contributed by atoms with Crippen molar-refractivity contribution < 1.29 is 0 Å². The van der Waals surface area contributed by atoms with Crippen molar-refractivity contribution in [2.45, 2.75) is 5.41 Å². The van der Waals surface area contributed by atoms with E-state index in [4.69, 9.17) is 0 Å². The minimum atomic E-state index is -0.592. The maximum absolute atomic E-state index is 2.50. The molecule has 0 fully saturated rings. The van der Waals surface area contributed by atoms with Crippen LogP contribution in [-0.4, -0.2) is 0 Å². The van der Waals surface area contributed by atoms with E-state index in [2.05, 4.69) is 277 Å². The second-order valence-corrected chi connectivity index (χ2v) is 19.4. The molecule has 328 valence electrons. The second kappa shape index (κ2) is 16.2. The Bertz CT molecular complexity index is 3900. The zero-order valence-corrected chi connectivity index (χ0v) is 39.0. The molecule has 1 spiro atoms. The average Bonchev–Trinajstić information content (AvgIpc) is 3.96. The molecular weight excluding hydrogens is 865 g/mol. The minimum Gasteiger partial charge on any atom is -0.310 e. The highest BCUT2D eigenvalue weighted by Gasteiger charge is 2.51. The van der Waals surface area contributed by atoms with Crippen LogP contribution in [0.4, 0.5) is 34.1 Å². The third-order valence-electron chi connectivity index (χ3n) is 14.7. The molecule has 14 rings (SSSR count). The van der Waals surface area contributed by atoms with E-state index in [1.807, 2.05) is 11.3 Å². The second-order valence-electron chi connectivity index (χ2n) is 18.4. The summed E-state index contributed by atoms with van der Waals surface area (Å²) in [5.41, 5.74) is 21.1. The maximum Gasteiger partial charge on any atom is 0.0755 e. The lowest BCUT2D eigenvalue weighted by Crippen LogP contribution is -2.36. The van der Waals surface area contributed by atoms with Gasteiger partial charge in [-0.1, -0.05) is 206 Å². The normalized spacial score (nSPS) is 12.9. The molecule has 0 bridgehead atoms. The predicted molar refractivity (Wildman–Crippen MR) is 296 cm³/mol. The SMILES string of the molecule is c1ccc(-c2ccc(-c3ccccc3N(c3ccc(-c4cccc5c4sc4ccccc45)cc3)c3ccc4c(c3)C3(c5ccccc5-4)c4ccccc4N(c4ccccc4)c4ccccc43)cc2)cc1. The fourth-order valence-corrected chi connectivity index (χ4v) is 12.9. The summed E-state index contributed by atoms with van der Waals surface area (Å²) in [6.45, 7) is 0. The summed E-state index contributed by atoms with van der Waals surface area (Å²) >= 11 is 1.88. The number of para-hydroxylation sites is 4. The molecular formula is C67H44N2S. The standard InChI is InChI=1S/C67H44N2S/c1-3-18-45(19-4-1)46-34-36-47(37-35-46)52-22-8-13-30-62(52)68(50-40-38-48(39-41-50)53-25-17-26-57-56-24-9-16-33-65(56)70-66(53)57)51-42-43-55-54-23-7-10-27-58(54)67(61(55)44-51)59-28-11-14-31-63(59)69(49-20-5-2-6-21-49)64-32-15-12-29-60(64)67/h1-44H. The third kappa shape index (κ3) is 6.12. The van der Waals surface area contributed by atoms with Crippen LogP contribution in [0.5, 0.6) is 0 Å². The Hall–Kier alpha value is -8.76. The number of thiophene rings is 1. The van der Waals surface area contributed by atoms with Crippen LogP contribution in [-0.2, 0) is 5.41 Å². The number of hydrogen-bond donors (Lipinski definition) is 0. The zero-order chi connectivity index (χ0) is 46.2. The number of fused-ring (bicyclic) bond motifs is 12. The molecule has 11 aromatic carbocycles. The average molecular weight is 909 g/mol. The largest absolute Gasteiger partial charge is 0.310 e. The molecule has 0 atom stereocenters. The van der Waals surface area contributed by atoms with Gasteiger partial charge >= 0.3 is 0 Å². The molecule has 12 aromatic rings. The molecule has 1 aliphatic heterocycles. The van der Waals surface area contributed by atoms with Crippen LogP contribution in [0.15, 0.2) is 267 Å². The first-order valence-electron chi connectivity index (χ1n) is 24.1. The van der Waals surface area contributed by atoms with Gasteiger partial charge in [-0.15, -0.1) is 11.3 Å². The van der Waals surface area contributed by atoms with Crippen molar-refractivity contribution >= 4 is 65.6 Å². The van der Waals surface area contributed by atoms with Crippen molar-refractivity contribution in [3.8, 4) is 44.5 Å². The Morgan fingerprint density at radius 2 is 0.843 bits per heavy atom. The monoisotopic (exact) mass is 908 g/mol. The Labute approximate surface area is 412 Å². The summed E-state index contributed by atoms with van der Waals surface area (Å²) in [5.74, 6) is 0. The van der Waals surface area contributed by atoms with Gasteiger partial charge in [0.1, 0.15) is 0 Å². The molecule has 0 amide bonds. The van der Waals surface area contributed by atoms with E-state index in [-0.39, 0.29) is 0 Å². The molecule has 2 aliphatic rings. The highest BCUT2D eigenvalue weighted by atomic mass is 32.1. The van der Waals surface area contributed by atoms with Gasteiger partial charge in [-0.05, 0) is 122 Å². The van der Waals surface area contributed by atoms with Crippen LogP contribution in [0, 0.1) is 0 Å². The van der Waals surface area contributed by atoms with Crippen molar-refractivity contribution in [3.05, 3.63) is 289 Å². The highest BCUT2D eigenvalue weighted by molar-refractivity contribution is 7.26. The molecule has 1 aliphatic carbocycles. The Kier molecular flexibility index (Phi) is 9.33. The number of anilines is 6. The lowest BCUT2D eigenvalue weighted by molar-refractivity contribution is 0.752. The summed E-state index contributed by atoms with van der Waals surface area (Å²) in [5, 5.41) is 2.62. The summed E-state index contributed by atoms with van der Waals surface area (Å²) in [6, 6.07) is 98.6. The van der Waals surface area contributed by atoms with Gasteiger partial charge in [-0.25, -0.2) is 0 Å². The van der Waals surface area contributed by atoms with Crippen LogP contribution in [0.2, 0.25) is 0 Å². The van der Waals surface area contributed by atoms with Crippen molar-refractivity contribution in [2.24, 2.45) is 0 Å². The van der Waals surface area contributed by atoms with Crippen LogP contribution in [0.3, 0.4) is 0 Å². The van der Waals surface area contributed by atoms with E-state index in [1.54, 1.807) is 0 Å². The number of rotatable bonds is 7. The summed E-state index contributed by atoms with van der Waals surface area (Å²) in [4.78, 5) is 4.94. The van der Waals surface area contributed by atoms with E-state index in [0.717, 1.165) is 33.9 Å². The van der Waals surface area contributed by atoms with Crippen molar-refractivity contribution in [2.75, 3.05) is 9.80 Å². The summed E-state index contributed by atoms with van der Waals surface area (Å²) < 4.78 is 2.63. The summed E-state index contributed by atoms with van der Waals surface area (Å²) in [7, 11) is 0. The van der Waals surface area contributed by atoms with E-state index in [9.17, 15) is 0 Å². The van der Waals surface area contributed by atoms with Gasteiger partial charge in [0, 0.05) is 42.8 Å². The van der Waals surface area contributed by atoms with E-state index >= 15 is 0 Å². The molecule has 0 saturated heterocycles. The Morgan fingerprint density at radius 1 is 0.329 bits per heavy atom. The molecule has 0 N–H and O–H groups in total. The van der Waals surface area contributed by atoms with E-state index in [1.165, 1.54) is 87.2 Å². The molecule has 0 unspecified atom stereocenters. The van der Waals surface area contributed by atoms with Crippen molar-refractivity contribution in [1.82, 2.24) is 0 Å². The third-order valence-corrected chi connectivity index (χ3v) is 15.9. The minimum absolute atomic E-state index is 0.592.